The van der Waals surface area contributed by atoms with E-state index in [1.54, 1.807) is 24.2 Å². The third-order valence-electron chi connectivity index (χ3n) is 4.16. The maximum absolute atomic E-state index is 11.6. The van der Waals surface area contributed by atoms with Crippen LogP contribution < -0.4 is 0 Å². The molecule has 1 aliphatic rings. The zero-order valence-corrected chi connectivity index (χ0v) is 20.0. The summed E-state index contributed by atoms with van der Waals surface area (Å²) in [6.45, 7) is 9.41. The fourth-order valence-corrected chi connectivity index (χ4v) is 13.3. The molecule has 2 heterocycles. The first-order valence-electron chi connectivity index (χ1n) is 9.30. The molecule has 2 rings (SSSR count). The lowest BCUT2D eigenvalue weighted by molar-refractivity contribution is -0.136. The van der Waals surface area contributed by atoms with Crippen LogP contribution >= 0.6 is 11.8 Å². The lowest BCUT2D eigenvalue weighted by atomic mass is 10.4. The third-order valence-corrected chi connectivity index (χ3v) is 14.0. The van der Waals surface area contributed by atoms with Gasteiger partial charge in [0.2, 0.25) is 0 Å². The minimum Gasteiger partial charge on any atom is -0.455 e. The number of imide groups is 1. The molecule has 0 spiro atoms. The molecule has 0 fully saturated rings. The molecule has 12 heteroatoms. The lowest BCUT2D eigenvalue weighted by Crippen LogP contribution is -2.46. The van der Waals surface area contributed by atoms with Crippen molar-refractivity contribution in [3.05, 3.63) is 40.6 Å². The fraction of sp³-hybridized carbons (Fsp3) is 0.529. The number of rotatable bonds is 11. The number of hydrogen-bond acceptors (Lipinski definition) is 7. The zero-order valence-electron chi connectivity index (χ0n) is 17.2. The molecule has 0 radical (unpaired) electrons. The zero-order chi connectivity index (χ0) is 21.5. The van der Waals surface area contributed by atoms with E-state index in [-0.39, 0.29) is 18.4 Å². The SMILES string of the molecule is C[Si](C)(CCCN1C(=O)C=CC1=O)O[Si](C)(C)CSc1ncc(CN=[N+]=[N-])cn1. The molecular weight excluding hydrogens is 424 g/mol. The molecule has 1 aliphatic heterocycles. The van der Waals surface area contributed by atoms with Crippen LogP contribution in [0.15, 0.2) is 34.8 Å². The smallest absolute Gasteiger partial charge is 0.253 e. The average molecular weight is 451 g/mol. The van der Waals surface area contributed by atoms with E-state index >= 15 is 0 Å². The summed E-state index contributed by atoms with van der Waals surface area (Å²) in [4.78, 5) is 35.9. The average Bonchev–Trinajstić information content (AvgIpc) is 2.96. The number of azide groups is 1. The van der Waals surface area contributed by atoms with Crippen molar-refractivity contribution >= 4 is 40.2 Å². The van der Waals surface area contributed by atoms with Crippen LogP contribution in [0.25, 0.3) is 10.4 Å². The van der Waals surface area contributed by atoms with Gasteiger partial charge in [-0.25, -0.2) is 9.97 Å². The number of hydrogen-bond donors (Lipinski definition) is 0. The number of amides is 2. The quantitative estimate of drug-likeness (QED) is 0.0964. The van der Waals surface area contributed by atoms with Crippen molar-refractivity contribution in [1.29, 1.82) is 0 Å². The Hall–Kier alpha value is -1.99. The molecular formula is C17H26N6O3SSi2. The van der Waals surface area contributed by atoms with Crippen molar-refractivity contribution in [2.24, 2.45) is 5.11 Å². The van der Waals surface area contributed by atoms with Crippen molar-refractivity contribution in [3.63, 3.8) is 0 Å². The van der Waals surface area contributed by atoms with Crippen LogP contribution in [0, 0.1) is 0 Å². The van der Waals surface area contributed by atoms with E-state index in [0.717, 1.165) is 23.4 Å². The van der Waals surface area contributed by atoms with Gasteiger partial charge in [0.15, 0.2) is 21.8 Å². The molecule has 0 bridgehead atoms. The molecule has 0 saturated carbocycles. The minimum absolute atomic E-state index is 0.230. The van der Waals surface area contributed by atoms with E-state index in [1.165, 1.54) is 17.1 Å². The minimum atomic E-state index is -1.95. The highest BCUT2D eigenvalue weighted by molar-refractivity contribution is 8.00. The second-order valence-corrected chi connectivity index (χ2v) is 18.1. The Morgan fingerprint density at radius 2 is 1.76 bits per heavy atom. The van der Waals surface area contributed by atoms with Crippen LogP contribution in [0.3, 0.4) is 0 Å². The molecule has 9 nitrogen and oxygen atoms in total. The molecule has 0 aromatic carbocycles. The molecule has 1 aromatic rings. The maximum atomic E-state index is 11.6. The highest BCUT2D eigenvalue weighted by atomic mass is 32.2. The van der Waals surface area contributed by atoms with Gasteiger partial charge in [-0.1, -0.05) is 16.9 Å². The Morgan fingerprint density at radius 1 is 1.14 bits per heavy atom. The summed E-state index contributed by atoms with van der Waals surface area (Å²) in [5, 5.41) is 5.00. The summed E-state index contributed by atoms with van der Waals surface area (Å²) < 4.78 is 6.58. The second kappa shape index (κ2) is 10.2. The molecule has 29 heavy (non-hydrogen) atoms. The summed E-state index contributed by atoms with van der Waals surface area (Å²) in [5.41, 5.74) is 9.13. The van der Waals surface area contributed by atoms with Crippen LogP contribution in [-0.4, -0.2) is 55.2 Å². The van der Waals surface area contributed by atoms with Gasteiger partial charge in [-0.15, -0.1) is 0 Å². The van der Waals surface area contributed by atoms with Crippen LogP contribution in [0.2, 0.25) is 32.2 Å². The third kappa shape index (κ3) is 7.74. The Kier molecular flexibility index (Phi) is 8.17. The van der Waals surface area contributed by atoms with Gasteiger partial charge >= 0.3 is 0 Å². The van der Waals surface area contributed by atoms with Gasteiger partial charge in [0.1, 0.15) is 0 Å². The number of nitrogens with zero attached hydrogens (tertiary/aromatic N) is 6. The predicted molar refractivity (Wildman–Crippen MR) is 117 cm³/mol. The van der Waals surface area contributed by atoms with Gasteiger partial charge in [-0.3, -0.25) is 14.5 Å². The predicted octanol–water partition coefficient (Wildman–Crippen LogP) is 3.66. The van der Waals surface area contributed by atoms with Crippen LogP contribution in [0.5, 0.6) is 0 Å². The monoisotopic (exact) mass is 450 g/mol. The van der Waals surface area contributed by atoms with Crippen LogP contribution in [0.4, 0.5) is 0 Å². The van der Waals surface area contributed by atoms with Crippen molar-refractivity contribution < 1.29 is 13.7 Å². The van der Waals surface area contributed by atoms with E-state index < -0.39 is 16.6 Å². The van der Waals surface area contributed by atoms with Gasteiger partial charge in [-0.05, 0) is 49.7 Å². The Morgan fingerprint density at radius 3 is 2.34 bits per heavy atom. The first-order valence-corrected chi connectivity index (χ1v) is 16.5. The largest absolute Gasteiger partial charge is 0.455 e. The highest BCUT2D eigenvalue weighted by Gasteiger charge is 2.33. The molecule has 0 unspecified atom stereocenters. The van der Waals surface area contributed by atoms with Gasteiger partial charge in [0.25, 0.3) is 11.8 Å². The summed E-state index contributed by atoms with van der Waals surface area (Å²) in [5.74, 6) is -0.459. The van der Waals surface area contributed by atoms with E-state index in [9.17, 15) is 9.59 Å². The normalized spacial score (nSPS) is 14.4. The number of carbonyl (C=O) groups excluding carboxylic acids is 2. The van der Waals surface area contributed by atoms with Crippen molar-refractivity contribution in [2.75, 3.05) is 11.9 Å². The summed E-state index contributed by atoms with van der Waals surface area (Å²) in [7, 11) is -3.87. The maximum Gasteiger partial charge on any atom is 0.253 e. The molecule has 1 aromatic heterocycles. The molecule has 0 atom stereocenters. The summed E-state index contributed by atoms with van der Waals surface area (Å²) in [6, 6.07) is 0.885. The Labute approximate surface area is 176 Å². The van der Waals surface area contributed by atoms with Crippen molar-refractivity contribution in [2.45, 2.75) is 50.4 Å². The first-order chi connectivity index (χ1) is 13.6. The topological polar surface area (TPSA) is 121 Å². The van der Waals surface area contributed by atoms with Crippen LogP contribution in [-0.2, 0) is 20.2 Å². The molecule has 0 N–H and O–H groups in total. The van der Waals surface area contributed by atoms with E-state index in [0.29, 0.717) is 11.7 Å². The van der Waals surface area contributed by atoms with Gasteiger partial charge in [0.05, 0.1) is 6.54 Å². The van der Waals surface area contributed by atoms with Crippen molar-refractivity contribution in [1.82, 2.24) is 14.9 Å². The summed E-state index contributed by atoms with van der Waals surface area (Å²) >= 11 is 1.57. The van der Waals surface area contributed by atoms with Gasteiger partial charge < -0.3 is 4.12 Å². The van der Waals surface area contributed by atoms with Gasteiger partial charge in [0, 0.05) is 41.4 Å². The molecule has 0 aliphatic carbocycles. The Balaban J connectivity index is 1.79. The lowest BCUT2D eigenvalue weighted by Gasteiger charge is -2.34. The fourth-order valence-electron chi connectivity index (χ4n) is 2.99. The standard InChI is InChI=1S/C17H26N6O3SSi2/c1-28(2,9-5-8-23-15(24)6-7-16(23)25)26-29(3,4)13-27-17-19-10-14(11-20-17)12-21-22-18/h6-7,10-11H,5,8-9,12-13H2,1-4H3. The highest BCUT2D eigenvalue weighted by Crippen LogP contribution is 2.25. The number of carbonyl (C=O) groups is 2. The summed E-state index contributed by atoms with van der Waals surface area (Å²) in [6.07, 6.45) is 6.74. The number of aromatic nitrogens is 2. The molecule has 2 amide bonds. The van der Waals surface area contributed by atoms with E-state index in [1.807, 2.05) is 0 Å². The van der Waals surface area contributed by atoms with Crippen LogP contribution in [0.1, 0.15) is 12.0 Å². The van der Waals surface area contributed by atoms with E-state index in [2.05, 4.69) is 46.2 Å². The van der Waals surface area contributed by atoms with E-state index in [4.69, 9.17) is 9.65 Å². The molecule has 156 valence electrons. The first kappa shape index (κ1) is 23.3. The second-order valence-electron chi connectivity index (χ2n) is 7.94. The van der Waals surface area contributed by atoms with Crippen molar-refractivity contribution in [3.8, 4) is 0 Å². The Bertz CT molecular complexity index is 807. The number of thioether (sulfide) groups is 1. The molecule has 0 saturated heterocycles. The van der Waals surface area contributed by atoms with Gasteiger partial charge in [-0.2, -0.15) is 0 Å².